The van der Waals surface area contributed by atoms with E-state index in [2.05, 4.69) is 93.0 Å². The normalized spacial score (nSPS) is 15.3. The number of thiol groups is 4. The zero-order valence-electron chi connectivity index (χ0n) is 36.9. The number of carbonyl (C=O) groups excluding carboxylic acids is 9. The number of aliphatic hydroxyl groups excluding tert-OH is 1. The van der Waals surface area contributed by atoms with E-state index in [0.29, 0.717) is 6.42 Å². The molecule has 0 aromatic heterocycles. The van der Waals surface area contributed by atoms with E-state index in [-0.39, 0.29) is 61.8 Å². The highest BCUT2D eigenvalue weighted by molar-refractivity contribution is 7.80. The molecule has 21 N–H and O–H groups in total. The molecule has 0 heterocycles. The predicted octanol–water partition coefficient (Wildman–Crippen LogP) is -7.88. The third-order valence-corrected chi connectivity index (χ3v) is 10.7. The van der Waals surface area contributed by atoms with Gasteiger partial charge >= 0.3 is 11.9 Å². The molecule has 28 nitrogen and oxygen atoms in total. The van der Waals surface area contributed by atoms with Crippen LogP contribution < -0.4 is 70.8 Å². The fourth-order valence-electron chi connectivity index (χ4n) is 5.58. The molecule has 0 spiro atoms. The second-order valence-electron chi connectivity index (χ2n) is 14.9. The predicted molar refractivity (Wildman–Crippen MR) is 256 cm³/mol. The Kier molecular flexibility index (Phi) is 30.7. The Bertz CT molecular complexity index is 1790. The van der Waals surface area contributed by atoms with E-state index in [4.69, 9.17) is 28.3 Å². The van der Waals surface area contributed by atoms with Gasteiger partial charge in [0.25, 0.3) is 0 Å². The number of amides is 9. The molecule has 0 saturated heterocycles. The second kappa shape index (κ2) is 33.3. The summed E-state index contributed by atoms with van der Waals surface area (Å²) in [4.78, 5) is 140. The Labute approximate surface area is 412 Å². The molecule has 32 heteroatoms. The van der Waals surface area contributed by atoms with Crippen LogP contribution in [0.3, 0.4) is 0 Å². The zero-order valence-corrected chi connectivity index (χ0v) is 40.5. The molecule has 0 aliphatic heterocycles. The van der Waals surface area contributed by atoms with Crippen molar-refractivity contribution in [1.82, 2.24) is 47.9 Å². The van der Waals surface area contributed by atoms with Gasteiger partial charge in [-0.25, -0.2) is 4.79 Å². The van der Waals surface area contributed by atoms with Crippen molar-refractivity contribution in [3.05, 3.63) is 0 Å². The molecular formula is C36H64N14O14S4. The number of carboxylic acids is 2. The number of nitrogens with two attached hydrogens (primary N) is 4. The Morgan fingerprint density at radius 1 is 0.529 bits per heavy atom. The number of hydrogen-bond acceptors (Lipinski definition) is 19. The summed E-state index contributed by atoms with van der Waals surface area (Å²) in [6, 6.07) is -13.8. The number of hydrogen-bond donors (Lipinski definition) is 21. The molecule has 0 unspecified atom stereocenters. The van der Waals surface area contributed by atoms with Crippen LogP contribution in [0, 0.1) is 5.41 Å². The molecule has 0 aromatic carbocycles. The summed E-state index contributed by atoms with van der Waals surface area (Å²) >= 11 is 16.4. The number of carbonyl (C=O) groups is 11. The Hall–Kier alpha value is -5.28. The number of guanidine groups is 1. The van der Waals surface area contributed by atoms with E-state index in [1.165, 1.54) is 0 Å². The molecule has 0 fully saturated rings. The third-order valence-electron chi connectivity index (χ3n) is 9.28. The highest BCUT2D eigenvalue weighted by Crippen LogP contribution is 2.08. The van der Waals surface area contributed by atoms with Crippen LogP contribution in [0.15, 0.2) is 0 Å². The van der Waals surface area contributed by atoms with Gasteiger partial charge < -0.3 is 86.1 Å². The van der Waals surface area contributed by atoms with Crippen molar-refractivity contribution in [2.24, 2.45) is 22.9 Å². The van der Waals surface area contributed by atoms with Crippen LogP contribution >= 0.6 is 50.5 Å². The first kappa shape index (κ1) is 62.7. The molecule has 0 aliphatic rings. The number of primary amides is 1. The number of aliphatic hydroxyl groups is 1. The summed E-state index contributed by atoms with van der Waals surface area (Å²) in [5, 5.41) is 57.0. The summed E-state index contributed by atoms with van der Waals surface area (Å²) in [7, 11) is 0. The van der Waals surface area contributed by atoms with Crippen LogP contribution in [0.25, 0.3) is 0 Å². The van der Waals surface area contributed by atoms with E-state index in [1.54, 1.807) is 0 Å². The van der Waals surface area contributed by atoms with Crippen LogP contribution in [-0.4, -0.2) is 183 Å². The van der Waals surface area contributed by atoms with Gasteiger partial charge in [-0.1, -0.05) is 0 Å². The highest BCUT2D eigenvalue weighted by Gasteiger charge is 2.35. The van der Waals surface area contributed by atoms with Crippen molar-refractivity contribution in [2.75, 3.05) is 36.1 Å². The Balaban J connectivity index is 6.27. The summed E-state index contributed by atoms with van der Waals surface area (Å²) in [5.41, 5.74) is 21.6. The van der Waals surface area contributed by atoms with Crippen molar-refractivity contribution in [1.29, 1.82) is 5.41 Å². The van der Waals surface area contributed by atoms with Gasteiger partial charge in [-0.15, -0.1) is 0 Å². The minimum absolute atomic E-state index is 0.00687. The van der Waals surface area contributed by atoms with Crippen LogP contribution in [0.4, 0.5) is 0 Å². The average Bonchev–Trinajstić information content (AvgIpc) is 3.26. The quantitative estimate of drug-likeness (QED) is 0.0123. The van der Waals surface area contributed by atoms with Crippen molar-refractivity contribution in [3.63, 3.8) is 0 Å². The molecule has 68 heavy (non-hydrogen) atoms. The molecule has 10 atom stereocenters. The van der Waals surface area contributed by atoms with Gasteiger partial charge in [-0.05, 0) is 45.6 Å². The van der Waals surface area contributed by atoms with Gasteiger partial charge in [0.05, 0.1) is 25.0 Å². The lowest BCUT2D eigenvalue weighted by Crippen LogP contribution is -2.61. The molecule has 0 radical (unpaired) electrons. The van der Waals surface area contributed by atoms with E-state index < -0.39 is 144 Å². The smallest absolute Gasteiger partial charge is 0.328 e. The maximum Gasteiger partial charge on any atom is 0.328 e. The van der Waals surface area contributed by atoms with Gasteiger partial charge in [0.2, 0.25) is 53.2 Å². The van der Waals surface area contributed by atoms with Crippen LogP contribution in [0.2, 0.25) is 0 Å². The molecule has 0 rings (SSSR count). The lowest BCUT2D eigenvalue weighted by molar-refractivity contribution is -0.146. The molecule has 0 bridgehead atoms. The van der Waals surface area contributed by atoms with Gasteiger partial charge in [0.1, 0.15) is 42.3 Å². The summed E-state index contributed by atoms with van der Waals surface area (Å²) in [6.45, 7) is 1.24. The van der Waals surface area contributed by atoms with Gasteiger partial charge in [-0.3, -0.25) is 53.4 Å². The van der Waals surface area contributed by atoms with Crippen molar-refractivity contribution in [3.8, 4) is 0 Å². The minimum atomic E-state index is -1.91. The van der Waals surface area contributed by atoms with Crippen molar-refractivity contribution < 1.29 is 68.1 Å². The van der Waals surface area contributed by atoms with E-state index in [0.717, 1.165) is 6.92 Å². The number of carboxylic acid groups (broad SMARTS) is 2. The van der Waals surface area contributed by atoms with E-state index in [9.17, 15) is 68.1 Å². The standard InChI is InChI=1S/C36H64N14O14S4/c1-15(51)26(35(63)64)50-30(58)19(10-25(53)54)45-29(57)18(6-4-8-42-36(40)41)43-28(56)17(5-2-3-7-37)44-31(59)21(12-66)47-33(61)23(14-68)49-34(62)22(13-67)48-32(60)20(11-65)46-27(55)16(38)9-24(39)52/h15-23,26,51,65-68H,2-14,37-38H2,1H3,(H2,39,52)(H,43,56)(H,44,59)(H,45,57)(H,46,55)(H,47,61)(H,48,60)(H,49,62)(H,50,58)(H,53,54)(H,63,64)(H4,40,41,42)/t15-,16+,17+,18+,19+,20+,21+,22+,23+,26+/m1/s1. The first-order valence-corrected chi connectivity index (χ1v) is 23.2. The lowest BCUT2D eigenvalue weighted by Gasteiger charge is -2.27. The molecule has 0 aromatic rings. The topological polar surface area (TPSA) is 485 Å². The van der Waals surface area contributed by atoms with Gasteiger partial charge in [-0.2, -0.15) is 50.5 Å². The van der Waals surface area contributed by atoms with Crippen LogP contribution in [0.1, 0.15) is 51.9 Å². The van der Waals surface area contributed by atoms with Crippen LogP contribution in [-0.2, 0) is 52.7 Å². The van der Waals surface area contributed by atoms with E-state index >= 15 is 0 Å². The molecule has 9 amide bonds. The van der Waals surface area contributed by atoms with Gasteiger partial charge in [0.15, 0.2) is 12.0 Å². The lowest BCUT2D eigenvalue weighted by atomic mass is 10.0. The number of nitrogens with one attached hydrogen (secondary N) is 10. The summed E-state index contributed by atoms with van der Waals surface area (Å²) in [6.07, 6.45) is -2.83. The van der Waals surface area contributed by atoms with Crippen molar-refractivity contribution in [2.45, 2.75) is 112 Å². The fourth-order valence-corrected chi connectivity index (χ4v) is 6.61. The number of unbranched alkanes of at least 4 members (excludes halogenated alkanes) is 1. The fraction of sp³-hybridized carbons (Fsp3) is 0.667. The highest BCUT2D eigenvalue weighted by atomic mass is 32.1. The maximum atomic E-state index is 13.9. The van der Waals surface area contributed by atoms with Gasteiger partial charge in [0, 0.05) is 29.6 Å². The SMILES string of the molecule is C[C@@H](O)[C@H](NC(=O)[C@H](CC(=O)O)NC(=O)[C@H](CCCNC(=N)N)NC(=O)[C@H](CCCCN)NC(=O)[C@H](CS)NC(=O)[C@H](CS)NC(=O)[C@H](CS)NC(=O)[C@H](CS)NC(=O)[C@@H](N)CC(N)=O)C(=O)O. The molecule has 0 aliphatic carbocycles. The first-order chi connectivity index (χ1) is 31.9. The molecular weight excluding hydrogens is 981 g/mol. The number of aliphatic carboxylic acids is 2. The Morgan fingerprint density at radius 3 is 1.22 bits per heavy atom. The van der Waals surface area contributed by atoms with E-state index in [1.807, 2.05) is 5.32 Å². The minimum Gasteiger partial charge on any atom is -0.481 e. The first-order valence-electron chi connectivity index (χ1n) is 20.7. The summed E-state index contributed by atoms with van der Waals surface area (Å²) < 4.78 is 0. The average molecular weight is 1050 g/mol. The molecule has 386 valence electrons. The summed E-state index contributed by atoms with van der Waals surface area (Å²) in [5.74, 6) is -13.8. The van der Waals surface area contributed by atoms with Crippen molar-refractivity contribution >= 4 is 122 Å². The second-order valence-corrected chi connectivity index (χ2v) is 16.3. The third kappa shape index (κ3) is 24.1. The molecule has 0 saturated carbocycles. The monoisotopic (exact) mass is 1040 g/mol. The maximum absolute atomic E-state index is 13.9. The largest absolute Gasteiger partial charge is 0.481 e. The van der Waals surface area contributed by atoms with Crippen LogP contribution in [0.5, 0.6) is 0 Å². The Morgan fingerprint density at radius 2 is 0.882 bits per heavy atom. The number of rotatable bonds is 34. The zero-order chi connectivity index (χ0) is 52.3.